The summed E-state index contributed by atoms with van der Waals surface area (Å²) in [7, 11) is -1.81. The first-order valence-electron chi connectivity index (χ1n) is 9.51. The van der Waals surface area contributed by atoms with E-state index in [0.717, 1.165) is 11.4 Å². The van der Waals surface area contributed by atoms with Crippen molar-refractivity contribution in [2.24, 2.45) is 0 Å². The molecule has 0 aliphatic heterocycles. The Labute approximate surface area is 164 Å². The van der Waals surface area contributed by atoms with E-state index < -0.39 is 20.0 Å². The fraction of sp³-hybridized carbons (Fsp3) is 0.789. The van der Waals surface area contributed by atoms with Crippen LogP contribution in [0.2, 0.25) is 18.1 Å². The van der Waals surface area contributed by atoms with E-state index in [1.54, 1.807) is 20.8 Å². The van der Waals surface area contributed by atoms with E-state index in [4.69, 9.17) is 9.16 Å². The maximum Gasteiger partial charge on any atom is 0.407 e. The van der Waals surface area contributed by atoms with Crippen molar-refractivity contribution in [1.82, 2.24) is 15.5 Å². The predicted molar refractivity (Wildman–Crippen MR) is 109 cm³/mol. The normalized spacial score (nSPS) is 14.1. The Morgan fingerprint density at radius 1 is 1.30 bits per heavy atom. The number of hydrogen-bond donors (Lipinski definition) is 3. The molecule has 0 fully saturated rings. The Hall–Kier alpha value is -1.38. The number of aromatic nitrogens is 2. The molecule has 1 aromatic heterocycles. The lowest BCUT2D eigenvalue weighted by Gasteiger charge is -2.35. The molecular formula is C19H37N3O4Si. The smallest absolute Gasteiger partial charge is 0.407 e. The van der Waals surface area contributed by atoms with Crippen molar-refractivity contribution in [3.8, 4) is 0 Å². The third kappa shape index (κ3) is 8.44. The maximum absolute atomic E-state index is 11.8. The Morgan fingerprint density at radius 3 is 2.44 bits per heavy atom. The molecule has 0 radical (unpaired) electrons. The average molecular weight is 400 g/mol. The summed E-state index contributed by atoms with van der Waals surface area (Å²) < 4.78 is 11.4. The number of carbonyl (C=O) groups is 1. The number of nitrogens with one attached hydrogen (secondary N) is 2. The zero-order chi connectivity index (χ0) is 20.9. The largest absolute Gasteiger partial charge is 0.444 e. The number of alkyl carbamates (subject to hydrolysis) is 1. The quantitative estimate of drug-likeness (QED) is 0.579. The third-order valence-electron chi connectivity index (χ3n) is 4.77. The van der Waals surface area contributed by atoms with E-state index in [9.17, 15) is 9.90 Å². The number of nitrogens with zero attached hydrogens (tertiary/aromatic N) is 1. The Morgan fingerprint density at radius 2 is 1.93 bits per heavy atom. The lowest BCUT2D eigenvalue weighted by Crippen LogP contribution is -2.41. The standard InChI is InChI=1S/C19H37N3O4Si/c1-18(2,3)26-17(24)20-15(12-23)10-9-14-11-16(22-21-14)13-25-27(7,8)19(4,5)6/h11,15,23H,9-10,12-13H2,1-8H3,(H,20,24)(H,21,22)/t15-/m0/s1. The number of H-pyrrole nitrogens is 1. The topological polar surface area (TPSA) is 96.5 Å². The molecule has 0 unspecified atom stereocenters. The molecule has 0 aromatic carbocycles. The van der Waals surface area contributed by atoms with Gasteiger partial charge in [0.2, 0.25) is 0 Å². The first-order chi connectivity index (χ1) is 12.2. The summed E-state index contributed by atoms with van der Waals surface area (Å²) in [5.74, 6) is 0. The van der Waals surface area contributed by atoms with Crippen molar-refractivity contribution < 1.29 is 19.1 Å². The van der Waals surface area contributed by atoms with Crippen LogP contribution in [0.15, 0.2) is 6.07 Å². The molecule has 1 aromatic rings. The van der Waals surface area contributed by atoms with Crippen LogP contribution in [0.3, 0.4) is 0 Å². The van der Waals surface area contributed by atoms with Gasteiger partial charge < -0.3 is 19.6 Å². The average Bonchev–Trinajstić information content (AvgIpc) is 2.94. The second kappa shape index (κ2) is 9.21. The first-order valence-corrected chi connectivity index (χ1v) is 12.4. The molecule has 8 heteroatoms. The molecule has 0 spiro atoms. The summed E-state index contributed by atoms with van der Waals surface area (Å²) in [6.07, 6.45) is 0.726. The van der Waals surface area contributed by atoms with Crippen LogP contribution in [0.4, 0.5) is 4.79 Å². The van der Waals surface area contributed by atoms with Gasteiger partial charge in [-0.2, -0.15) is 5.10 Å². The van der Waals surface area contributed by atoms with Crippen molar-refractivity contribution >= 4 is 14.4 Å². The number of carbonyl (C=O) groups excluding carboxylic acids is 1. The number of hydrogen-bond acceptors (Lipinski definition) is 5. The molecule has 0 saturated carbocycles. The van der Waals surface area contributed by atoms with Crippen LogP contribution in [0.5, 0.6) is 0 Å². The fourth-order valence-corrected chi connectivity index (χ4v) is 3.04. The van der Waals surface area contributed by atoms with Gasteiger partial charge in [0, 0.05) is 5.69 Å². The van der Waals surface area contributed by atoms with Crippen molar-refractivity contribution in [3.05, 3.63) is 17.5 Å². The Balaban J connectivity index is 2.50. The third-order valence-corrected chi connectivity index (χ3v) is 9.25. The fourth-order valence-electron chi connectivity index (χ4n) is 2.10. The van der Waals surface area contributed by atoms with Gasteiger partial charge in [0.05, 0.1) is 24.9 Å². The summed E-state index contributed by atoms with van der Waals surface area (Å²) in [5.41, 5.74) is 1.26. The van der Waals surface area contributed by atoms with E-state index >= 15 is 0 Å². The molecule has 0 aliphatic rings. The number of amides is 1. The zero-order valence-electron chi connectivity index (χ0n) is 18.1. The Bertz CT molecular complexity index is 603. The molecule has 7 nitrogen and oxygen atoms in total. The number of aliphatic hydroxyl groups excluding tert-OH is 1. The van der Waals surface area contributed by atoms with Crippen LogP contribution in [0.25, 0.3) is 0 Å². The summed E-state index contributed by atoms with van der Waals surface area (Å²) in [6, 6.07) is 1.62. The zero-order valence-corrected chi connectivity index (χ0v) is 19.1. The van der Waals surface area contributed by atoms with Gasteiger partial charge in [-0.15, -0.1) is 0 Å². The van der Waals surface area contributed by atoms with Crippen molar-refractivity contribution in [2.45, 2.75) is 90.8 Å². The van der Waals surface area contributed by atoms with Crippen LogP contribution in [0.1, 0.15) is 59.4 Å². The minimum absolute atomic E-state index is 0.144. The van der Waals surface area contributed by atoms with Crippen molar-refractivity contribution in [1.29, 1.82) is 0 Å². The van der Waals surface area contributed by atoms with E-state index in [1.165, 1.54) is 0 Å². The van der Waals surface area contributed by atoms with Crippen molar-refractivity contribution in [3.63, 3.8) is 0 Å². The maximum atomic E-state index is 11.8. The van der Waals surface area contributed by atoms with E-state index in [2.05, 4.69) is 49.4 Å². The van der Waals surface area contributed by atoms with Gasteiger partial charge >= 0.3 is 6.09 Å². The van der Waals surface area contributed by atoms with Gasteiger partial charge in [0.15, 0.2) is 8.32 Å². The highest BCUT2D eigenvalue weighted by Crippen LogP contribution is 2.36. The summed E-state index contributed by atoms with van der Waals surface area (Å²) >= 11 is 0. The first kappa shape index (κ1) is 23.7. The SMILES string of the molecule is CC(C)(C)OC(=O)N[C@H](CO)CCc1cc(CO[Si](C)(C)C(C)(C)C)n[nH]1. The van der Waals surface area contributed by atoms with E-state index in [-0.39, 0.29) is 17.7 Å². The molecule has 156 valence electrons. The number of aryl methyl sites for hydroxylation is 1. The number of aliphatic hydroxyl groups is 1. The summed E-state index contributed by atoms with van der Waals surface area (Å²) in [5, 5.41) is 19.7. The molecule has 1 amide bonds. The highest BCUT2D eigenvalue weighted by Gasteiger charge is 2.37. The lowest BCUT2D eigenvalue weighted by atomic mass is 10.1. The summed E-state index contributed by atoms with van der Waals surface area (Å²) in [6.45, 7) is 16.8. The highest BCUT2D eigenvalue weighted by molar-refractivity contribution is 6.74. The predicted octanol–water partition coefficient (Wildman–Crippen LogP) is 3.75. The van der Waals surface area contributed by atoms with Crippen LogP contribution in [0, 0.1) is 0 Å². The molecule has 1 atom stereocenters. The van der Waals surface area contributed by atoms with Gasteiger partial charge in [-0.05, 0) is 57.8 Å². The molecular weight excluding hydrogens is 362 g/mol. The number of ether oxygens (including phenoxy) is 1. The minimum atomic E-state index is -1.81. The Kier molecular flexibility index (Phi) is 8.07. The van der Waals surface area contributed by atoms with Crippen LogP contribution >= 0.6 is 0 Å². The van der Waals surface area contributed by atoms with Crippen LogP contribution in [-0.4, -0.2) is 48.0 Å². The van der Waals surface area contributed by atoms with Gasteiger partial charge in [0.1, 0.15) is 5.60 Å². The number of aromatic amines is 1. The van der Waals surface area contributed by atoms with Crippen LogP contribution < -0.4 is 5.32 Å². The molecule has 1 rings (SSSR count). The lowest BCUT2D eigenvalue weighted by molar-refractivity contribution is 0.0479. The second-order valence-electron chi connectivity index (χ2n) is 9.50. The van der Waals surface area contributed by atoms with Crippen molar-refractivity contribution in [2.75, 3.05) is 6.61 Å². The molecule has 27 heavy (non-hydrogen) atoms. The minimum Gasteiger partial charge on any atom is -0.444 e. The molecule has 0 bridgehead atoms. The van der Waals surface area contributed by atoms with Gasteiger partial charge in [0.25, 0.3) is 0 Å². The van der Waals surface area contributed by atoms with Gasteiger partial charge in [-0.25, -0.2) is 4.79 Å². The highest BCUT2D eigenvalue weighted by atomic mass is 28.4. The van der Waals surface area contributed by atoms with E-state index in [0.29, 0.717) is 19.4 Å². The monoisotopic (exact) mass is 399 g/mol. The second-order valence-corrected chi connectivity index (χ2v) is 14.3. The molecule has 0 aliphatic carbocycles. The van der Waals surface area contributed by atoms with Crippen LogP contribution in [-0.2, 0) is 22.2 Å². The molecule has 1 heterocycles. The molecule has 0 saturated heterocycles. The van der Waals surface area contributed by atoms with Gasteiger partial charge in [-0.1, -0.05) is 20.8 Å². The molecule has 3 N–H and O–H groups in total. The summed E-state index contributed by atoms with van der Waals surface area (Å²) in [4.78, 5) is 11.8. The number of rotatable bonds is 8. The van der Waals surface area contributed by atoms with Gasteiger partial charge in [-0.3, -0.25) is 5.10 Å². The van der Waals surface area contributed by atoms with E-state index in [1.807, 2.05) is 6.07 Å².